The van der Waals surface area contributed by atoms with Gasteiger partial charge < -0.3 is 9.47 Å². The molecule has 5 rings (SSSR count). The predicted octanol–water partition coefficient (Wildman–Crippen LogP) is 8.24. The van der Waals surface area contributed by atoms with Crippen LogP contribution in [-0.4, -0.2) is 17.7 Å². The van der Waals surface area contributed by atoms with Gasteiger partial charge in [0.05, 0.1) is 22.9 Å². The molecule has 7 heteroatoms. The van der Waals surface area contributed by atoms with Gasteiger partial charge in [0.15, 0.2) is 16.7 Å². The fraction of sp³-hybridized carbons (Fsp3) is 0.0968. The fourth-order valence-corrected chi connectivity index (χ4v) is 5.13. The van der Waals surface area contributed by atoms with E-state index in [0.29, 0.717) is 34.8 Å². The van der Waals surface area contributed by atoms with Gasteiger partial charge >= 0.3 is 0 Å². The molecule has 1 fully saturated rings. The number of hydrogen-bond donors (Lipinski definition) is 0. The molecule has 4 aromatic carbocycles. The van der Waals surface area contributed by atoms with Gasteiger partial charge in [-0.1, -0.05) is 70.5 Å². The van der Waals surface area contributed by atoms with E-state index >= 15 is 0 Å². The number of carbonyl (C=O) groups excluding carboxylic acids is 1. The summed E-state index contributed by atoms with van der Waals surface area (Å²) in [5.41, 5.74) is 3.46. The monoisotopic (exact) mass is 584 g/mol. The number of nitrogens with zero attached hydrogens (tertiary/aromatic N) is 2. The predicted molar refractivity (Wildman–Crippen MR) is 159 cm³/mol. The van der Waals surface area contributed by atoms with Crippen molar-refractivity contribution >= 4 is 56.2 Å². The van der Waals surface area contributed by atoms with Crippen LogP contribution in [0.15, 0.2) is 117 Å². The molecule has 0 bridgehead atoms. The number of carbonyl (C=O) groups is 1. The van der Waals surface area contributed by atoms with Crippen molar-refractivity contribution in [2.24, 2.45) is 4.99 Å². The number of para-hydroxylation sites is 2. The van der Waals surface area contributed by atoms with Crippen LogP contribution in [0.1, 0.15) is 18.1 Å². The van der Waals surface area contributed by atoms with E-state index < -0.39 is 0 Å². The number of thioether (sulfide) groups is 1. The van der Waals surface area contributed by atoms with E-state index in [2.05, 4.69) is 15.9 Å². The molecule has 1 heterocycles. The van der Waals surface area contributed by atoms with Crippen LogP contribution in [0, 0.1) is 0 Å². The zero-order chi connectivity index (χ0) is 26.3. The summed E-state index contributed by atoms with van der Waals surface area (Å²) in [7, 11) is 0. The van der Waals surface area contributed by atoms with Gasteiger partial charge in [-0.3, -0.25) is 9.69 Å². The lowest BCUT2D eigenvalue weighted by Gasteiger charge is -2.15. The van der Waals surface area contributed by atoms with E-state index in [9.17, 15) is 4.79 Å². The number of halogens is 1. The van der Waals surface area contributed by atoms with Crippen molar-refractivity contribution in [1.82, 2.24) is 0 Å². The molecule has 1 aliphatic rings. The average Bonchev–Trinajstić information content (AvgIpc) is 3.24. The van der Waals surface area contributed by atoms with Gasteiger partial charge in [0, 0.05) is 4.47 Å². The molecule has 0 aromatic heterocycles. The Kier molecular flexibility index (Phi) is 8.26. The molecule has 0 aliphatic carbocycles. The Hall–Kier alpha value is -3.81. The van der Waals surface area contributed by atoms with Crippen molar-refractivity contribution in [1.29, 1.82) is 0 Å². The third kappa shape index (κ3) is 6.18. The second-order valence-corrected chi connectivity index (χ2v) is 10.3. The molecule has 0 unspecified atom stereocenters. The number of anilines is 1. The summed E-state index contributed by atoms with van der Waals surface area (Å²) >= 11 is 4.81. The maximum atomic E-state index is 13.6. The van der Waals surface area contributed by atoms with Crippen molar-refractivity contribution in [2.45, 2.75) is 13.5 Å². The Bertz CT molecular complexity index is 1470. The summed E-state index contributed by atoms with van der Waals surface area (Å²) in [6.45, 7) is 2.86. The minimum atomic E-state index is -0.121. The molecule has 1 aliphatic heterocycles. The van der Waals surface area contributed by atoms with Crippen LogP contribution in [0.25, 0.3) is 6.08 Å². The fourth-order valence-electron chi connectivity index (χ4n) is 3.86. The highest BCUT2D eigenvalue weighted by Gasteiger charge is 2.34. The van der Waals surface area contributed by atoms with Crippen LogP contribution < -0.4 is 14.4 Å². The molecule has 1 saturated heterocycles. The molecule has 0 atom stereocenters. The first-order valence-electron chi connectivity index (χ1n) is 12.2. The number of hydrogen-bond acceptors (Lipinski definition) is 5. The van der Waals surface area contributed by atoms with Crippen molar-refractivity contribution in [2.75, 3.05) is 11.5 Å². The average molecular weight is 586 g/mol. The Balaban J connectivity index is 1.43. The van der Waals surface area contributed by atoms with Crippen molar-refractivity contribution in [3.05, 3.63) is 124 Å². The van der Waals surface area contributed by atoms with Gasteiger partial charge in [-0.25, -0.2) is 4.99 Å². The van der Waals surface area contributed by atoms with Gasteiger partial charge in [-0.15, -0.1) is 0 Å². The van der Waals surface area contributed by atoms with Crippen LogP contribution in [0.3, 0.4) is 0 Å². The summed E-state index contributed by atoms with van der Waals surface area (Å²) in [5.74, 6) is 1.16. The molecule has 0 radical (unpaired) electrons. The zero-order valence-corrected chi connectivity index (χ0v) is 23.1. The van der Waals surface area contributed by atoms with E-state index in [4.69, 9.17) is 14.5 Å². The number of ether oxygens (including phenoxy) is 2. The molecule has 5 nitrogen and oxygen atoms in total. The molecule has 0 spiro atoms. The van der Waals surface area contributed by atoms with Crippen molar-refractivity contribution in [3.8, 4) is 11.5 Å². The van der Waals surface area contributed by atoms with Gasteiger partial charge in [0.25, 0.3) is 5.91 Å². The minimum Gasteiger partial charge on any atom is -0.490 e. The summed E-state index contributed by atoms with van der Waals surface area (Å²) in [5, 5.41) is 0.609. The number of benzene rings is 4. The third-order valence-electron chi connectivity index (χ3n) is 5.67. The molecular formula is C31H25BrN2O3S. The van der Waals surface area contributed by atoms with Crippen LogP contribution in [0.4, 0.5) is 11.4 Å². The lowest BCUT2D eigenvalue weighted by atomic mass is 10.1. The Labute approximate surface area is 234 Å². The van der Waals surface area contributed by atoms with E-state index in [-0.39, 0.29) is 5.91 Å². The SMILES string of the molecule is CCOc1cc(/C=C2\SC(=Nc3ccccc3)N(c3ccccc3)C2=O)ccc1OCc1ccc(Br)cc1. The van der Waals surface area contributed by atoms with Gasteiger partial charge in [-0.05, 0) is 84.4 Å². The molecule has 4 aromatic rings. The third-order valence-corrected chi connectivity index (χ3v) is 7.17. The van der Waals surface area contributed by atoms with Gasteiger partial charge in [0.1, 0.15) is 6.61 Å². The maximum absolute atomic E-state index is 13.6. The molecule has 1 amide bonds. The lowest BCUT2D eigenvalue weighted by molar-refractivity contribution is -0.113. The van der Waals surface area contributed by atoms with E-state index in [0.717, 1.165) is 27.0 Å². The summed E-state index contributed by atoms with van der Waals surface area (Å²) in [6, 6.07) is 32.9. The normalized spacial score (nSPS) is 15.3. The number of amides is 1. The first kappa shape index (κ1) is 25.8. The summed E-state index contributed by atoms with van der Waals surface area (Å²) < 4.78 is 13.0. The van der Waals surface area contributed by atoms with Gasteiger partial charge in [-0.2, -0.15) is 0 Å². The standard InChI is InChI=1S/C31H25BrN2O3S/c1-2-36-28-19-23(15-18-27(28)37-21-22-13-16-24(32)17-14-22)20-29-30(35)34(26-11-7-4-8-12-26)31(38-29)33-25-9-5-3-6-10-25/h3-20H,2,21H2,1H3/b29-20-,33-31?. The second kappa shape index (κ2) is 12.2. The molecular weight excluding hydrogens is 560 g/mol. The van der Waals surface area contributed by atoms with E-state index in [1.807, 2.05) is 116 Å². The first-order valence-corrected chi connectivity index (χ1v) is 13.8. The summed E-state index contributed by atoms with van der Waals surface area (Å²) in [4.78, 5) is 20.6. The van der Waals surface area contributed by atoms with E-state index in [1.54, 1.807) is 4.90 Å². The van der Waals surface area contributed by atoms with Crippen molar-refractivity contribution < 1.29 is 14.3 Å². The topological polar surface area (TPSA) is 51.1 Å². The van der Waals surface area contributed by atoms with Crippen molar-refractivity contribution in [3.63, 3.8) is 0 Å². The Morgan fingerprint density at radius 2 is 1.58 bits per heavy atom. The van der Waals surface area contributed by atoms with Crippen LogP contribution >= 0.6 is 27.7 Å². The van der Waals surface area contributed by atoms with Crippen LogP contribution in [0.5, 0.6) is 11.5 Å². The Morgan fingerprint density at radius 1 is 0.868 bits per heavy atom. The van der Waals surface area contributed by atoms with Gasteiger partial charge in [0.2, 0.25) is 0 Å². The molecule has 38 heavy (non-hydrogen) atoms. The van der Waals surface area contributed by atoms with Crippen LogP contribution in [-0.2, 0) is 11.4 Å². The summed E-state index contributed by atoms with van der Waals surface area (Å²) in [6.07, 6.45) is 1.87. The zero-order valence-electron chi connectivity index (χ0n) is 20.7. The minimum absolute atomic E-state index is 0.121. The first-order chi connectivity index (χ1) is 18.6. The van der Waals surface area contributed by atoms with Crippen LogP contribution in [0.2, 0.25) is 0 Å². The number of amidine groups is 1. The molecule has 0 N–H and O–H groups in total. The largest absolute Gasteiger partial charge is 0.490 e. The second-order valence-electron chi connectivity index (χ2n) is 8.37. The number of rotatable bonds is 8. The Morgan fingerprint density at radius 3 is 2.29 bits per heavy atom. The highest BCUT2D eigenvalue weighted by Crippen LogP contribution is 2.38. The maximum Gasteiger partial charge on any atom is 0.271 e. The smallest absolute Gasteiger partial charge is 0.271 e. The molecule has 0 saturated carbocycles. The quantitative estimate of drug-likeness (QED) is 0.196. The highest BCUT2D eigenvalue weighted by molar-refractivity contribution is 9.10. The highest BCUT2D eigenvalue weighted by atomic mass is 79.9. The lowest BCUT2D eigenvalue weighted by Crippen LogP contribution is -2.28. The van der Waals surface area contributed by atoms with E-state index in [1.165, 1.54) is 11.8 Å². The molecule has 190 valence electrons. The number of aliphatic imine (C=N–C) groups is 1.